The van der Waals surface area contributed by atoms with E-state index in [1.165, 1.54) is 4.57 Å². The minimum absolute atomic E-state index is 0.00325. The van der Waals surface area contributed by atoms with E-state index in [4.69, 9.17) is 4.74 Å². The van der Waals surface area contributed by atoms with Gasteiger partial charge in [-0.25, -0.2) is 9.59 Å². The summed E-state index contributed by atoms with van der Waals surface area (Å²) in [6, 6.07) is 14.6. The van der Waals surface area contributed by atoms with Crippen LogP contribution in [-0.4, -0.2) is 43.6 Å². The Kier molecular flexibility index (Phi) is 9.82. The molecule has 0 atom stereocenters. The van der Waals surface area contributed by atoms with Crippen molar-refractivity contribution in [2.45, 2.75) is 80.8 Å². The molecule has 0 radical (unpaired) electrons. The fourth-order valence-corrected chi connectivity index (χ4v) is 5.12. The second-order valence-corrected chi connectivity index (χ2v) is 12.4. The lowest BCUT2D eigenvalue weighted by Gasteiger charge is -2.19. The van der Waals surface area contributed by atoms with Gasteiger partial charge >= 0.3 is 11.9 Å². The highest BCUT2D eigenvalue weighted by atomic mass is 16.6. The van der Waals surface area contributed by atoms with Crippen LogP contribution in [0, 0.1) is 25.7 Å². The Morgan fingerprint density at radius 3 is 1.48 bits per heavy atom. The normalized spacial score (nSPS) is 11.6. The summed E-state index contributed by atoms with van der Waals surface area (Å²) in [5.41, 5.74) is 2.69. The number of ether oxygens (including phenoxy) is 1. The summed E-state index contributed by atoms with van der Waals surface area (Å²) in [5, 5.41) is 10.7. The zero-order valence-electron chi connectivity index (χ0n) is 26.1. The monoisotopic (exact) mass is 574 g/mol. The summed E-state index contributed by atoms with van der Waals surface area (Å²) < 4.78 is 8.70. The Labute approximate surface area is 247 Å². The zero-order valence-corrected chi connectivity index (χ0v) is 26.1. The number of aromatic carboxylic acids is 1. The highest BCUT2D eigenvalue weighted by Crippen LogP contribution is 2.29. The van der Waals surface area contributed by atoms with Crippen molar-refractivity contribution >= 4 is 45.6 Å². The minimum Gasteiger partial charge on any atom is -0.478 e. The first kappa shape index (κ1) is 32.3. The number of carbonyl (C=O) groups excluding carboxylic acids is 3. The summed E-state index contributed by atoms with van der Waals surface area (Å²) in [5.74, 6) is -0.943. The van der Waals surface area contributed by atoms with Crippen LogP contribution in [0.3, 0.4) is 0 Å². The van der Waals surface area contributed by atoms with Crippen LogP contribution in [0.5, 0.6) is 0 Å². The lowest BCUT2D eigenvalue weighted by Crippen LogP contribution is -2.24. The van der Waals surface area contributed by atoms with Gasteiger partial charge in [-0.3, -0.25) is 18.7 Å². The number of nitrogens with zero attached hydrogens (tertiary/aromatic N) is 2. The predicted octanol–water partition coefficient (Wildman–Crippen LogP) is 7.93. The van der Waals surface area contributed by atoms with Crippen LogP contribution in [0.15, 0.2) is 48.5 Å². The van der Waals surface area contributed by atoms with E-state index in [-0.39, 0.29) is 35.2 Å². The van der Waals surface area contributed by atoms with Gasteiger partial charge in [0.1, 0.15) is 5.60 Å². The molecule has 0 saturated heterocycles. The number of carboxylic acid groups (broad SMARTS) is 1. The fourth-order valence-electron chi connectivity index (χ4n) is 5.12. The number of carbonyl (C=O) groups is 4. The third kappa shape index (κ3) is 6.98. The molecule has 0 amide bonds. The topological polar surface area (TPSA) is 108 Å². The largest absolute Gasteiger partial charge is 0.478 e. The van der Waals surface area contributed by atoms with Crippen molar-refractivity contribution in [1.29, 1.82) is 0 Å². The van der Waals surface area contributed by atoms with Crippen LogP contribution >= 0.6 is 0 Å². The van der Waals surface area contributed by atoms with Gasteiger partial charge in [-0.2, -0.15) is 0 Å². The van der Waals surface area contributed by atoms with Crippen molar-refractivity contribution in [2.75, 3.05) is 0 Å². The predicted molar refractivity (Wildman–Crippen MR) is 166 cm³/mol. The average molecular weight is 575 g/mol. The molecule has 8 nitrogen and oxygen atoms in total. The van der Waals surface area contributed by atoms with Crippen LogP contribution < -0.4 is 0 Å². The molecule has 8 heteroatoms. The molecule has 0 bridgehead atoms. The molecule has 0 fully saturated rings. The van der Waals surface area contributed by atoms with E-state index in [9.17, 15) is 24.3 Å². The number of esters is 1. The van der Waals surface area contributed by atoms with Crippen LogP contribution in [-0.2, 0) is 4.74 Å². The van der Waals surface area contributed by atoms with Gasteiger partial charge in [0.05, 0.1) is 22.2 Å². The zero-order chi connectivity index (χ0) is 31.5. The molecule has 2 aromatic carbocycles. The van der Waals surface area contributed by atoms with E-state index in [2.05, 4.69) is 0 Å². The number of para-hydroxylation sites is 2. The molecule has 224 valence electrons. The average Bonchev–Trinajstić information content (AvgIpc) is 3.32. The summed E-state index contributed by atoms with van der Waals surface area (Å²) in [6.07, 6.45) is 0.839. The van der Waals surface area contributed by atoms with E-state index < -0.39 is 11.6 Å². The number of hydrogen-bond acceptors (Lipinski definition) is 5. The first-order chi connectivity index (χ1) is 19.5. The molecule has 0 spiro atoms. The van der Waals surface area contributed by atoms with Crippen molar-refractivity contribution in [2.24, 2.45) is 11.8 Å². The van der Waals surface area contributed by atoms with Gasteiger partial charge in [0.15, 0.2) is 0 Å². The van der Waals surface area contributed by atoms with Gasteiger partial charge in [-0.1, -0.05) is 64.1 Å². The molecular formula is C34H42N2O6. The van der Waals surface area contributed by atoms with Gasteiger partial charge in [0.25, 0.3) is 0 Å². The molecule has 0 aliphatic carbocycles. The molecule has 4 rings (SSSR count). The van der Waals surface area contributed by atoms with Crippen molar-refractivity contribution in [3.63, 3.8) is 0 Å². The van der Waals surface area contributed by atoms with Gasteiger partial charge in [0, 0.05) is 35.0 Å². The third-order valence-corrected chi connectivity index (χ3v) is 6.70. The van der Waals surface area contributed by atoms with Crippen molar-refractivity contribution in [3.8, 4) is 0 Å². The number of carboxylic acids is 1. The Bertz CT molecular complexity index is 1650. The quantitative estimate of drug-likeness (QED) is 0.234. The van der Waals surface area contributed by atoms with Crippen LogP contribution in [0.4, 0.5) is 0 Å². The van der Waals surface area contributed by atoms with E-state index in [0.717, 1.165) is 10.9 Å². The van der Waals surface area contributed by atoms with E-state index in [1.807, 2.05) is 78.8 Å². The number of hydrogen-bond donors (Lipinski definition) is 1. The number of aromatic nitrogens is 2. The summed E-state index contributed by atoms with van der Waals surface area (Å²) in [4.78, 5) is 48.9. The van der Waals surface area contributed by atoms with Gasteiger partial charge in [-0.15, -0.1) is 0 Å². The Morgan fingerprint density at radius 2 is 1.10 bits per heavy atom. The number of benzene rings is 2. The highest BCUT2D eigenvalue weighted by Gasteiger charge is 2.27. The summed E-state index contributed by atoms with van der Waals surface area (Å²) in [7, 11) is 0. The Morgan fingerprint density at radius 1 is 0.714 bits per heavy atom. The molecule has 2 heterocycles. The molecule has 0 aliphatic rings. The van der Waals surface area contributed by atoms with Gasteiger partial charge in [0.2, 0.25) is 11.8 Å². The molecule has 4 aromatic rings. The third-order valence-electron chi connectivity index (χ3n) is 6.70. The van der Waals surface area contributed by atoms with Crippen molar-refractivity contribution < 1.29 is 29.0 Å². The maximum Gasteiger partial charge on any atom is 0.341 e. The fraction of sp³-hybridized carbons (Fsp3) is 0.412. The lowest BCUT2D eigenvalue weighted by molar-refractivity contribution is 0.00706. The maximum atomic E-state index is 12.6. The van der Waals surface area contributed by atoms with Crippen LogP contribution in [0.1, 0.15) is 103 Å². The summed E-state index contributed by atoms with van der Waals surface area (Å²) >= 11 is 0. The van der Waals surface area contributed by atoms with Crippen LogP contribution in [0.25, 0.3) is 21.8 Å². The van der Waals surface area contributed by atoms with E-state index in [1.54, 1.807) is 36.6 Å². The smallest absolute Gasteiger partial charge is 0.341 e. The first-order valence-electron chi connectivity index (χ1n) is 14.3. The van der Waals surface area contributed by atoms with Crippen LogP contribution in [0.2, 0.25) is 0 Å². The molecule has 0 aliphatic heterocycles. The molecule has 0 unspecified atom stereocenters. The first-order valence-corrected chi connectivity index (χ1v) is 14.3. The number of fused-ring (bicyclic) bond motifs is 2. The molecule has 42 heavy (non-hydrogen) atoms. The SMILES string of the molecule is Cc1c(C(=O)O)c2ccccc2n1C(=O)CC(C)C.Cc1c(C(=O)OC(C)(C)C)c2ccccc2n1C(=O)CC(C)C. The minimum atomic E-state index is -0.996. The second kappa shape index (κ2) is 12.8. The standard InChI is InChI=1S/C19H25NO3.C15H17NO3/c1-12(2)11-16(21)20-13(3)17(18(22)23-19(4,5)6)14-9-7-8-10-15(14)20;1-9(2)8-13(17)16-10(3)14(15(18)19)11-6-4-5-7-12(11)16/h7-10,12H,11H2,1-6H3;4-7,9H,8H2,1-3H3,(H,18,19). The van der Waals surface area contributed by atoms with Gasteiger partial charge in [-0.05, 0) is 58.6 Å². The summed E-state index contributed by atoms with van der Waals surface area (Å²) in [6.45, 7) is 16.9. The van der Waals surface area contributed by atoms with Crippen molar-refractivity contribution in [3.05, 3.63) is 71.0 Å². The number of rotatable bonds is 6. The molecular weight excluding hydrogens is 532 g/mol. The Balaban J connectivity index is 0.000000235. The van der Waals surface area contributed by atoms with E-state index >= 15 is 0 Å². The Hall–Kier alpha value is -4.20. The highest BCUT2D eigenvalue weighted by molar-refractivity contribution is 6.09. The van der Waals surface area contributed by atoms with Crippen molar-refractivity contribution in [1.82, 2.24) is 9.13 Å². The van der Waals surface area contributed by atoms with Gasteiger partial charge < -0.3 is 9.84 Å². The molecule has 0 saturated carbocycles. The maximum absolute atomic E-state index is 12.6. The van der Waals surface area contributed by atoms with E-state index in [0.29, 0.717) is 40.7 Å². The lowest BCUT2D eigenvalue weighted by atomic mass is 10.1. The molecule has 1 N–H and O–H groups in total. The second-order valence-electron chi connectivity index (χ2n) is 12.4. The molecule has 2 aromatic heterocycles.